The van der Waals surface area contributed by atoms with Crippen molar-refractivity contribution >= 4 is 32.9 Å². The Morgan fingerprint density at radius 1 is 1.50 bits per heavy atom. The van der Waals surface area contributed by atoms with Crippen molar-refractivity contribution in [2.75, 3.05) is 5.33 Å². The molecule has 1 nitrogen and oxygen atoms in total. The van der Waals surface area contributed by atoms with Crippen molar-refractivity contribution in [3.8, 4) is 0 Å². The van der Waals surface area contributed by atoms with Crippen LogP contribution >= 0.6 is 32.9 Å². The fourth-order valence-electron chi connectivity index (χ4n) is 0.746. The van der Waals surface area contributed by atoms with Crippen LogP contribution < -0.4 is 5.73 Å². The van der Waals surface area contributed by atoms with Crippen molar-refractivity contribution in [1.29, 1.82) is 0 Å². The number of alkyl halides is 1. The van der Waals surface area contributed by atoms with Crippen molar-refractivity contribution in [1.82, 2.24) is 0 Å². The summed E-state index contributed by atoms with van der Waals surface area (Å²) >= 11 is 3.35. The molecular weight excluding hydrogens is 258 g/mol. The molecule has 0 aliphatic carbocycles. The Hall–Kier alpha value is 0.920. The van der Waals surface area contributed by atoms with Crippen molar-refractivity contribution in [2.45, 2.75) is 32.7 Å². The van der Waals surface area contributed by atoms with E-state index in [0.29, 0.717) is 6.04 Å². The van der Waals surface area contributed by atoms with Gasteiger partial charge in [-0.15, -0.1) is 17.0 Å². The van der Waals surface area contributed by atoms with Crippen LogP contribution in [0.1, 0.15) is 26.7 Å². The van der Waals surface area contributed by atoms with Crippen LogP contribution in [0.4, 0.5) is 0 Å². The van der Waals surface area contributed by atoms with E-state index in [1.807, 2.05) is 0 Å². The van der Waals surface area contributed by atoms with Gasteiger partial charge in [-0.2, -0.15) is 0 Å². The largest absolute Gasteiger partial charge is 0.327 e. The third kappa shape index (κ3) is 7.03. The summed E-state index contributed by atoms with van der Waals surface area (Å²) in [6, 6.07) is 0.347. The van der Waals surface area contributed by atoms with Crippen LogP contribution in [0.5, 0.6) is 0 Å². The maximum atomic E-state index is 5.70. The first-order valence-electron chi connectivity index (χ1n) is 3.52. The van der Waals surface area contributed by atoms with Crippen LogP contribution in [-0.2, 0) is 0 Å². The second-order valence-electron chi connectivity index (χ2n) is 2.66. The molecule has 10 heavy (non-hydrogen) atoms. The lowest BCUT2D eigenvalue weighted by molar-refractivity contribution is 0.474. The molecule has 64 valence electrons. The maximum absolute atomic E-state index is 5.70. The summed E-state index contributed by atoms with van der Waals surface area (Å²) in [5.74, 6) is 0.776. The summed E-state index contributed by atoms with van der Waals surface area (Å²) in [4.78, 5) is 0. The average molecular weight is 275 g/mol. The second kappa shape index (κ2) is 8.02. The van der Waals surface area contributed by atoms with Crippen molar-refractivity contribution < 1.29 is 0 Å². The summed E-state index contributed by atoms with van der Waals surface area (Å²) in [5, 5.41) is 0.928. The molecule has 0 aliphatic rings. The highest BCUT2D eigenvalue weighted by Crippen LogP contribution is 2.09. The molecule has 0 fully saturated rings. The van der Waals surface area contributed by atoms with E-state index in [2.05, 4.69) is 29.8 Å². The first-order valence-corrected chi connectivity index (χ1v) is 4.64. The monoisotopic (exact) mass is 273 g/mol. The first kappa shape index (κ1) is 13.5. The van der Waals surface area contributed by atoms with Gasteiger partial charge in [0.15, 0.2) is 0 Å². The smallest absolute Gasteiger partial charge is 0.0183 e. The molecule has 0 aromatic carbocycles. The Balaban J connectivity index is 0. The van der Waals surface area contributed by atoms with Gasteiger partial charge in [-0.1, -0.05) is 36.2 Å². The van der Waals surface area contributed by atoms with Gasteiger partial charge in [-0.25, -0.2) is 0 Å². The highest BCUT2D eigenvalue weighted by Gasteiger charge is 2.04. The molecule has 0 spiro atoms. The third-order valence-electron chi connectivity index (χ3n) is 1.60. The molecule has 1 unspecified atom stereocenters. The molecule has 0 aromatic rings. The van der Waals surface area contributed by atoms with Gasteiger partial charge in [-0.05, 0) is 12.3 Å². The van der Waals surface area contributed by atoms with Crippen molar-refractivity contribution in [3.05, 3.63) is 0 Å². The van der Waals surface area contributed by atoms with E-state index in [1.54, 1.807) is 0 Å². The van der Waals surface area contributed by atoms with E-state index in [1.165, 1.54) is 6.42 Å². The highest BCUT2D eigenvalue weighted by molar-refractivity contribution is 9.09. The molecule has 0 heterocycles. The van der Waals surface area contributed by atoms with E-state index >= 15 is 0 Å². The van der Waals surface area contributed by atoms with E-state index in [-0.39, 0.29) is 17.0 Å². The van der Waals surface area contributed by atoms with Gasteiger partial charge in [-0.3, -0.25) is 0 Å². The number of hydrogen-bond acceptors (Lipinski definition) is 1. The molecule has 2 atom stereocenters. The fourth-order valence-corrected chi connectivity index (χ4v) is 1.01. The highest BCUT2D eigenvalue weighted by atomic mass is 79.9. The minimum Gasteiger partial charge on any atom is -0.327 e. The molecule has 0 radical (unpaired) electrons. The molecule has 0 amide bonds. The molecule has 0 rings (SSSR count). The van der Waals surface area contributed by atoms with Crippen LogP contribution in [0.3, 0.4) is 0 Å². The predicted octanol–water partition coefficient (Wildman–Crippen LogP) is 2.72. The van der Waals surface area contributed by atoms with E-state index in [4.69, 9.17) is 5.73 Å². The molecule has 0 bridgehead atoms. The second-order valence-corrected chi connectivity index (χ2v) is 3.31. The summed E-state index contributed by atoms with van der Waals surface area (Å²) in [6.07, 6.45) is 2.38. The zero-order chi connectivity index (χ0) is 7.28. The maximum Gasteiger partial charge on any atom is 0.0183 e. The first-order chi connectivity index (χ1) is 4.20. The lowest BCUT2D eigenvalue weighted by Crippen LogP contribution is -2.23. The van der Waals surface area contributed by atoms with Crippen LogP contribution in [-0.4, -0.2) is 11.4 Å². The van der Waals surface area contributed by atoms with E-state index < -0.39 is 0 Å². The lowest BCUT2D eigenvalue weighted by Gasteiger charge is -2.12. The van der Waals surface area contributed by atoms with Crippen molar-refractivity contribution in [2.24, 2.45) is 11.7 Å². The quantitative estimate of drug-likeness (QED) is 0.784. The third-order valence-corrected chi connectivity index (χ3v) is 2.43. The molecule has 2 N–H and O–H groups in total. The molecule has 0 saturated heterocycles. The standard InChI is InChI=1S/C7H16BrN.BrH/c1-3-6(2)4-7(9)5-8;/h6-7H,3-5,9H2,1-2H3;1H/t6?,7-;/m0./s1. The van der Waals surface area contributed by atoms with Crippen molar-refractivity contribution in [3.63, 3.8) is 0 Å². The molecule has 0 aliphatic heterocycles. The van der Waals surface area contributed by atoms with Crippen LogP contribution in [0.15, 0.2) is 0 Å². The number of rotatable bonds is 4. The Morgan fingerprint density at radius 3 is 2.30 bits per heavy atom. The lowest BCUT2D eigenvalue weighted by atomic mass is 10.0. The minimum absolute atomic E-state index is 0. The Morgan fingerprint density at radius 2 is 2.00 bits per heavy atom. The van der Waals surface area contributed by atoms with Gasteiger partial charge in [0, 0.05) is 11.4 Å². The number of nitrogens with two attached hydrogens (primary N) is 1. The number of hydrogen-bond donors (Lipinski definition) is 1. The van der Waals surface area contributed by atoms with Crippen LogP contribution in [0.2, 0.25) is 0 Å². The van der Waals surface area contributed by atoms with Gasteiger partial charge >= 0.3 is 0 Å². The Labute approximate surface area is 82.6 Å². The Kier molecular flexibility index (Phi) is 10.8. The van der Waals surface area contributed by atoms with Gasteiger partial charge in [0.05, 0.1) is 0 Å². The van der Waals surface area contributed by atoms with Gasteiger partial charge in [0.25, 0.3) is 0 Å². The topological polar surface area (TPSA) is 26.0 Å². The zero-order valence-corrected chi connectivity index (χ0v) is 9.94. The van der Waals surface area contributed by atoms with E-state index in [0.717, 1.165) is 17.7 Å². The summed E-state index contributed by atoms with van der Waals surface area (Å²) < 4.78 is 0. The SMILES string of the molecule is Br.CCC(C)C[C@H](N)CBr. The average Bonchev–Trinajstić information content (AvgIpc) is 1.87. The summed E-state index contributed by atoms with van der Waals surface area (Å²) in [7, 11) is 0. The van der Waals surface area contributed by atoms with Gasteiger partial charge in [0.1, 0.15) is 0 Å². The molecule has 3 heteroatoms. The van der Waals surface area contributed by atoms with Crippen LogP contribution in [0, 0.1) is 5.92 Å². The zero-order valence-electron chi connectivity index (χ0n) is 6.64. The molecule has 0 aromatic heterocycles. The summed E-state index contributed by atoms with van der Waals surface area (Å²) in [5.41, 5.74) is 5.70. The normalized spacial score (nSPS) is 15.6. The molecule has 0 saturated carbocycles. The van der Waals surface area contributed by atoms with Crippen LogP contribution in [0.25, 0.3) is 0 Å². The number of halogens is 2. The predicted molar refractivity (Wildman–Crippen MR) is 56.2 cm³/mol. The van der Waals surface area contributed by atoms with Gasteiger partial charge < -0.3 is 5.73 Å². The Bertz CT molecular complexity index is 60.6. The minimum atomic E-state index is 0. The summed E-state index contributed by atoms with van der Waals surface area (Å²) in [6.45, 7) is 4.44. The van der Waals surface area contributed by atoms with Gasteiger partial charge in [0.2, 0.25) is 0 Å². The van der Waals surface area contributed by atoms with E-state index in [9.17, 15) is 0 Å². The molecular formula is C7H17Br2N. The fraction of sp³-hybridized carbons (Fsp3) is 1.00.